The minimum Gasteiger partial charge on any atom is -0.348 e. The maximum Gasteiger partial charge on any atom is 0.262 e. The van der Waals surface area contributed by atoms with Crippen molar-refractivity contribution in [2.45, 2.75) is 30.2 Å². The van der Waals surface area contributed by atoms with Crippen molar-refractivity contribution in [2.24, 2.45) is 11.7 Å². The molecule has 0 radical (unpaired) electrons. The van der Waals surface area contributed by atoms with Gasteiger partial charge in [0, 0.05) is 10.9 Å². The molecule has 1 aromatic rings. The van der Waals surface area contributed by atoms with Gasteiger partial charge in [-0.1, -0.05) is 6.42 Å². The fourth-order valence-corrected chi connectivity index (χ4v) is 4.02. The Morgan fingerprint density at radius 3 is 3.06 bits per heavy atom. The van der Waals surface area contributed by atoms with Gasteiger partial charge in [-0.3, -0.25) is 4.79 Å². The average molecular weight is 307 g/mol. The third-order valence-corrected chi connectivity index (χ3v) is 5.16. The first-order valence-electron chi connectivity index (χ1n) is 5.88. The predicted octanol–water partition coefficient (Wildman–Crippen LogP) is 2.75. The highest BCUT2D eigenvalue weighted by molar-refractivity contribution is 7.98. The molecule has 1 fully saturated rings. The molecule has 3 nitrogen and oxygen atoms in total. The average Bonchev–Trinajstić information content (AvgIpc) is 2.96. The van der Waals surface area contributed by atoms with Gasteiger partial charge in [0.25, 0.3) is 5.91 Å². The van der Waals surface area contributed by atoms with E-state index in [2.05, 4.69) is 5.32 Å². The highest BCUT2D eigenvalue weighted by atomic mass is 35.5. The molecule has 3 N–H and O–H groups in total. The topological polar surface area (TPSA) is 55.1 Å². The van der Waals surface area contributed by atoms with Gasteiger partial charge in [0.15, 0.2) is 0 Å². The zero-order valence-corrected chi connectivity index (χ0v) is 12.8. The molecule has 0 saturated heterocycles. The van der Waals surface area contributed by atoms with E-state index in [0.29, 0.717) is 12.5 Å². The van der Waals surface area contributed by atoms with Crippen molar-refractivity contribution >= 4 is 41.4 Å². The Labute approximate surface area is 122 Å². The third-order valence-electron chi connectivity index (χ3n) is 3.33. The standard InChI is InChI=1S/C12H18N2OS2.ClH/c1-16-10-5-6-17-11(10)12(15)14-9-4-2-3-8(9)7-13;/h5-6,8-9H,2-4,7,13H2,1H3,(H,14,15);1H. The van der Waals surface area contributed by atoms with E-state index in [1.165, 1.54) is 17.8 Å². The molecule has 0 aromatic carbocycles. The number of halogens is 1. The number of carbonyl (C=O) groups is 1. The Balaban J connectivity index is 0.00000162. The van der Waals surface area contributed by atoms with Crippen LogP contribution in [-0.4, -0.2) is 24.7 Å². The summed E-state index contributed by atoms with van der Waals surface area (Å²) >= 11 is 3.13. The summed E-state index contributed by atoms with van der Waals surface area (Å²) in [7, 11) is 0. The number of thiophene rings is 1. The molecule has 1 saturated carbocycles. The van der Waals surface area contributed by atoms with Crippen LogP contribution in [0.4, 0.5) is 0 Å². The molecule has 1 aliphatic carbocycles. The van der Waals surface area contributed by atoms with Crippen LogP contribution in [0.5, 0.6) is 0 Å². The summed E-state index contributed by atoms with van der Waals surface area (Å²) in [4.78, 5) is 14.0. The SMILES string of the molecule is CSc1ccsc1C(=O)NC1CCCC1CN.Cl. The van der Waals surface area contributed by atoms with E-state index in [0.717, 1.165) is 22.6 Å². The number of carbonyl (C=O) groups excluding carboxylic acids is 1. The maximum atomic E-state index is 12.1. The van der Waals surface area contributed by atoms with Gasteiger partial charge in [0.05, 0.1) is 0 Å². The Morgan fingerprint density at radius 1 is 1.61 bits per heavy atom. The van der Waals surface area contributed by atoms with Gasteiger partial charge < -0.3 is 11.1 Å². The van der Waals surface area contributed by atoms with Crippen LogP contribution in [0.1, 0.15) is 28.9 Å². The number of nitrogens with two attached hydrogens (primary N) is 1. The quantitative estimate of drug-likeness (QED) is 0.841. The smallest absolute Gasteiger partial charge is 0.262 e. The van der Waals surface area contributed by atoms with Crippen molar-refractivity contribution in [2.75, 3.05) is 12.8 Å². The Morgan fingerprint density at radius 2 is 2.39 bits per heavy atom. The largest absolute Gasteiger partial charge is 0.348 e. The van der Waals surface area contributed by atoms with Crippen molar-refractivity contribution in [3.63, 3.8) is 0 Å². The lowest BCUT2D eigenvalue weighted by molar-refractivity contribution is 0.0930. The highest BCUT2D eigenvalue weighted by Gasteiger charge is 2.28. The van der Waals surface area contributed by atoms with Crippen LogP contribution in [-0.2, 0) is 0 Å². The number of nitrogens with one attached hydrogen (secondary N) is 1. The van der Waals surface area contributed by atoms with Crippen molar-refractivity contribution in [3.05, 3.63) is 16.3 Å². The number of hydrogen-bond donors (Lipinski definition) is 2. The van der Waals surface area contributed by atoms with Gasteiger partial charge in [0.1, 0.15) is 4.88 Å². The van der Waals surface area contributed by atoms with Crippen LogP contribution in [0.25, 0.3) is 0 Å². The number of amides is 1. The molecule has 1 aromatic heterocycles. The van der Waals surface area contributed by atoms with Gasteiger partial charge >= 0.3 is 0 Å². The van der Waals surface area contributed by atoms with Crippen LogP contribution in [0.3, 0.4) is 0 Å². The molecule has 0 spiro atoms. The second-order valence-electron chi connectivity index (χ2n) is 4.32. The van der Waals surface area contributed by atoms with Crippen molar-refractivity contribution < 1.29 is 4.79 Å². The first-order valence-corrected chi connectivity index (χ1v) is 7.99. The lowest BCUT2D eigenvalue weighted by Gasteiger charge is -2.19. The zero-order chi connectivity index (χ0) is 12.3. The van der Waals surface area contributed by atoms with E-state index in [1.54, 1.807) is 11.8 Å². The summed E-state index contributed by atoms with van der Waals surface area (Å²) in [6.45, 7) is 0.671. The zero-order valence-electron chi connectivity index (χ0n) is 10.3. The van der Waals surface area contributed by atoms with Gasteiger partial charge in [-0.15, -0.1) is 35.5 Å². The van der Waals surface area contributed by atoms with E-state index in [1.807, 2.05) is 17.7 Å². The van der Waals surface area contributed by atoms with Crippen molar-refractivity contribution in [1.29, 1.82) is 0 Å². The lowest BCUT2D eigenvalue weighted by atomic mass is 10.0. The molecule has 102 valence electrons. The van der Waals surface area contributed by atoms with Crippen molar-refractivity contribution in [1.82, 2.24) is 5.32 Å². The number of rotatable bonds is 4. The van der Waals surface area contributed by atoms with Crippen LogP contribution in [0.2, 0.25) is 0 Å². The summed E-state index contributed by atoms with van der Waals surface area (Å²) in [5, 5.41) is 5.10. The highest BCUT2D eigenvalue weighted by Crippen LogP contribution is 2.28. The first kappa shape index (κ1) is 15.8. The molecule has 1 aliphatic rings. The summed E-state index contributed by atoms with van der Waals surface area (Å²) in [5.41, 5.74) is 5.72. The Kier molecular flexibility index (Phi) is 6.49. The molecule has 2 atom stereocenters. The van der Waals surface area contributed by atoms with Crippen LogP contribution >= 0.6 is 35.5 Å². The molecule has 2 unspecified atom stereocenters. The molecule has 2 rings (SSSR count). The molecule has 1 heterocycles. The summed E-state index contributed by atoms with van der Waals surface area (Å²) in [6, 6.07) is 2.27. The Hall–Kier alpha value is -0.230. The molecule has 1 amide bonds. The Bertz CT molecular complexity index is 397. The molecule has 0 bridgehead atoms. The normalized spacial score (nSPS) is 22.6. The lowest BCUT2D eigenvalue weighted by Crippen LogP contribution is -2.39. The first-order chi connectivity index (χ1) is 8.26. The second-order valence-corrected chi connectivity index (χ2v) is 6.09. The molecule has 0 aliphatic heterocycles. The van der Waals surface area contributed by atoms with Gasteiger partial charge in [-0.2, -0.15) is 0 Å². The molecule has 18 heavy (non-hydrogen) atoms. The predicted molar refractivity (Wildman–Crippen MR) is 81.0 cm³/mol. The van der Waals surface area contributed by atoms with E-state index in [-0.39, 0.29) is 24.4 Å². The van der Waals surface area contributed by atoms with E-state index in [9.17, 15) is 4.79 Å². The van der Waals surface area contributed by atoms with Crippen LogP contribution in [0, 0.1) is 5.92 Å². The third kappa shape index (κ3) is 3.41. The minimum absolute atomic E-state index is 0. The van der Waals surface area contributed by atoms with Gasteiger partial charge in [-0.25, -0.2) is 0 Å². The van der Waals surface area contributed by atoms with Crippen LogP contribution < -0.4 is 11.1 Å². The summed E-state index contributed by atoms with van der Waals surface area (Å²) < 4.78 is 0. The maximum absolute atomic E-state index is 12.1. The van der Waals surface area contributed by atoms with Crippen LogP contribution in [0.15, 0.2) is 16.3 Å². The summed E-state index contributed by atoms with van der Waals surface area (Å²) in [6.07, 6.45) is 5.37. The molecular formula is C12H19ClN2OS2. The fourth-order valence-electron chi connectivity index (χ4n) is 2.37. The fraction of sp³-hybridized carbons (Fsp3) is 0.583. The van der Waals surface area contributed by atoms with Gasteiger partial charge in [0.2, 0.25) is 0 Å². The van der Waals surface area contributed by atoms with Gasteiger partial charge in [-0.05, 0) is 43.0 Å². The van der Waals surface area contributed by atoms with E-state index in [4.69, 9.17) is 5.73 Å². The summed E-state index contributed by atoms with van der Waals surface area (Å²) in [5.74, 6) is 0.520. The number of thioether (sulfide) groups is 1. The molecular weight excluding hydrogens is 288 g/mol. The van der Waals surface area contributed by atoms with Crippen molar-refractivity contribution in [3.8, 4) is 0 Å². The number of hydrogen-bond acceptors (Lipinski definition) is 4. The van der Waals surface area contributed by atoms with E-state index < -0.39 is 0 Å². The minimum atomic E-state index is 0. The van der Waals surface area contributed by atoms with E-state index >= 15 is 0 Å². The monoisotopic (exact) mass is 306 g/mol. The molecule has 6 heteroatoms. The second kappa shape index (κ2) is 7.38.